The summed E-state index contributed by atoms with van der Waals surface area (Å²) in [5.41, 5.74) is 0. The molecule has 98 valence electrons. The summed E-state index contributed by atoms with van der Waals surface area (Å²) in [6, 6.07) is 3.54. The molecule has 0 spiro atoms. The molecular formula is C12H21NO2S2. The fourth-order valence-corrected chi connectivity index (χ4v) is 4.85. The monoisotopic (exact) mass is 275 g/mol. The van der Waals surface area contributed by atoms with Crippen LogP contribution in [0.4, 0.5) is 0 Å². The van der Waals surface area contributed by atoms with Crippen LogP contribution in [0.15, 0.2) is 21.7 Å². The second-order valence-electron chi connectivity index (χ2n) is 4.28. The molecule has 0 aliphatic rings. The summed E-state index contributed by atoms with van der Waals surface area (Å²) in [5.74, 6) is 0. The molecule has 0 aliphatic carbocycles. The van der Waals surface area contributed by atoms with E-state index < -0.39 is 10.0 Å². The van der Waals surface area contributed by atoms with Crippen LogP contribution in [0.2, 0.25) is 0 Å². The standard InChI is InChI=1S/C12H21NO2S2/c1-5-10(3)13(11(4)6-2)17(14,15)12-8-7-9-16-12/h7-11H,5-6H2,1-4H3. The van der Waals surface area contributed by atoms with E-state index in [0.29, 0.717) is 4.21 Å². The smallest absolute Gasteiger partial charge is 0.206 e. The molecule has 5 heteroatoms. The Morgan fingerprint density at radius 1 is 1.24 bits per heavy atom. The number of hydrogen-bond acceptors (Lipinski definition) is 3. The molecule has 2 atom stereocenters. The number of thiophene rings is 1. The highest BCUT2D eigenvalue weighted by Gasteiger charge is 2.32. The molecule has 0 fully saturated rings. The first-order valence-corrected chi connectivity index (χ1v) is 8.34. The van der Waals surface area contributed by atoms with Gasteiger partial charge < -0.3 is 0 Å². The van der Waals surface area contributed by atoms with Crippen molar-refractivity contribution in [1.29, 1.82) is 0 Å². The van der Waals surface area contributed by atoms with Crippen molar-refractivity contribution in [2.75, 3.05) is 0 Å². The number of hydrogen-bond donors (Lipinski definition) is 0. The highest BCUT2D eigenvalue weighted by atomic mass is 32.2. The van der Waals surface area contributed by atoms with E-state index in [1.165, 1.54) is 11.3 Å². The molecule has 0 bridgehead atoms. The van der Waals surface area contributed by atoms with E-state index in [9.17, 15) is 8.42 Å². The van der Waals surface area contributed by atoms with Gasteiger partial charge in [0.2, 0.25) is 0 Å². The second kappa shape index (κ2) is 5.98. The summed E-state index contributed by atoms with van der Waals surface area (Å²) < 4.78 is 27.2. The maximum atomic E-state index is 12.5. The molecule has 1 heterocycles. The lowest BCUT2D eigenvalue weighted by Crippen LogP contribution is -2.43. The molecule has 0 N–H and O–H groups in total. The Labute approximate surface area is 109 Å². The summed E-state index contributed by atoms with van der Waals surface area (Å²) in [6.07, 6.45) is 1.66. The predicted molar refractivity (Wildman–Crippen MR) is 72.8 cm³/mol. The Hall–Kier alpha value is -0.390. The summed E-state index contributed by atoms with van der Waals surface area (Å²) >= 11 is 1.28. The third-order valence-electron chi connectivity index (χ3n) is 3.08. The predicted octanol–water partition coefficient (Wildman–Crippen LogP) is 3.34. The Morgan fingerprint density at radius 3 is 2.12 bits per heavy atom. The maximum Gasteiger partial charge on any atom is 0.253 e. The lowest BCUT2D eigenvalue weighted by atomic mass is 10.2. The van der Waals surface area contributed by atoms with E-state index in [4.69, 9.17) is 0 Å². The number of sulfonamides is 1. The largest absolute Gasteiger partial charge is 0.253 e. The molecule has 1 aromatic rings. The van der Waals surface area contributed by atoms with E-state index in [1.807, 2.05) is 27.7 Å². The Morgan fingerprint density at radius 2 is 1.76 bits per heavy atom. The fourth-order valence-electron chi connectivity index (χ4n) is 1.78. The van der Waals surface area contributed by atoms with Crippen molar-refractivity contribution in [3.05, 3.63) is 17.5 Å². The molecule has 1 rings (SSSR count). The first kappa shape index (κ1) is 14.7. The molecule has 0 aliphatic heterocycles. The summed E-state index contributed by atoms with van der Waals surface area (Å²) in [6.45, 7) is 7.97. The lowest BCUT2D eigenvalue weighted by molar-refractivity contribution is 0.263. The van der Waals surface area contributed by atoms with Gasteiger partial charge in [0.15, 0.2) is 0 Å². The first-order chi connectivity index (χ1) is 7.95. The minimum atomic E-state index is -3.33. The van der Waals surface area contributed by atoms with Crippen LogP contribution in [0.1, 0.15) is 40.5 Å². The van der Waals surface area contributed by atoms with Gasteiger partial charge in [-0.05, 0) is 38.1 Å². The fraction of sp³-hybridized carbons (Fsp3) is 0.667. The first-order valence-electron chi connectivity index (χ1n) is 6.02. The topological polar surface area (TPSA) is 37.4 Å². The van der Waals surface area contributed by atoms with Crippen LogP contribution in [0.25, 0.3) is 0 Å². The van der Waals surface area contributed by atoms with E-state index in [-0.39, 0.29) is 12.1 Å². The van der Waals surface area contributed by atoms with Crippen LogP contribution in [0.3, 0.4) is 0 Å². The maximum absolute atomic E-state index is 12.5. The van der Waals surface area contributed by atoms with Crippen molar-refractivity contribution < 1.29 is 8.42 Å². The third kappa shape index (κ3) is 3.09. The van der Waals surface area contributed by atoms with Gasteiger partial charge in [0.05, 0.1) is 0 Å². The Balaban J connectivity index is 3.14. The van der Waals surface area contributed by atoms with Gasteiger partial charge >= 0.3 is 0 Å². The van der Waals surface area contributed by atoms with Crippen LogP contribution >= 0.6 is 11.3 Å². The van der Waals surface area contributed by atoms with Crippen molar-refractivity contribution in [3.63, 3.8) is 0 Å². The van der Waals surface area contributed by atoms with Gasteiger partial charge in [-0.1, -0.05) is 19.9 Å². The molecule has 0 amide bonds. The van der Waals surface area contributed by atoms with E-state index >= 15 is 0 Å². The van der Waals surface area contributed by atoms with Crippen molar-refractivity contribution in [2.24, 2.45) is 0 Å². The van der Waals surface area contributed by atoms with E-state index in [0.717, 1.165) is 12.8 Å². The third-order valence-corrected chi connectivity index (χ3v) is 6.58. The van der Waals surface area contributed by atoms with Crippen LogP contribution in [-0.4, -0.2) is 24.8 Å². The quantitative estimate of drug-likeness (QED) is 0.798. The zero-order valence-corrected chi connectivity index (χ0v) is 12.5. The number of nitrogens with zero attached hydrogens (tertiary/aromatic N) is 1. The highest BCUT2D eigenvalue weighted by molar-refractivity contribution is 7.91. The van der Waals surface area contributed by atoms with Crippen molar-refractivity contribution in [2.45, 2.75) is 56.8 Å². The zero-order chi connectivity index (χ0) is 13.1. The van der Waals surface area contributed by atoms with Gasteiger partial charge in [-0.2, -0.15) is 4.31 Å². The van der Waals surface area contributed by atoms with Crippen LogP contribution in [-0.2, 0) is 10.0 Å². The second-order valence-corrected chi connectivity index (χ2v) is 7.30. The average Bonchev–Trinajstić information content (AvgIpc) is 2.82. The molecule has 0 aromatic carbocycles. The van der Waals surface area contributed by atoms with Crippen LogP contribution in [0.5, 0.6) is 0 Å². The SMILES string of the molecule is CCC(C)N(C(C)CC)S(=O)(=O)c1cccs1. The van der Waals surface area contributed by atoms with Crippen molar-refractivity contribution in [3.8, 4) is 0 Å². The van der Waals surface area contributed by atoms with Crippen LogP contribution in [0, 0.1) is 0 Å². The molecular weight excluding hydrogens is 254 g/mol. The van der Waals surface area contributed by atoms with E-state index in [2.05, 4.69) is 0 Å². The highest BCUT2D eigenvalue weighted by Crippen LogP contribution is 2.26. The minimum Gasteiger partial charge on any atom is -0.206 e. The van der Waals surface area contributed by atoms with Gasteiger partial charge in [0.25, 0.3) is 10.0 Å². The molecule has 1 aromatic heterocycles. The lowest BCUT2D eigenvalue weighted by Gasteiger charge is -2.32. The van der Waals surface area contributed by atoms with E-state index in [1.54, 1.807) is 21.8 Å². The summed E-state index contributed by atoms with van der Waals surface area (Å²) in [7, 11) is -3.33. The summed E-state index contributed by atoms with van der Waals surface area (Å²) in [5, 5.41) is 1.80. The van der Waals surface area contributed by atoms with Gasteiger partial charge in [-0.3, -0.25) is 0 Å². The van der Waals surface area contributed by atoms with Crippen LogP contribution < -0.4 is 0 Å². The normalized spacial score (nSPS) is 16.1. The van der Waals surface area contributed by atoms with Crippen molar-refractivity contribution in [1.82, 2.24) is 4.31 Å². The molecule has 2 unspecified atom stereocenters. The molecule has 17 heavy (non-hydrogen) atoms. The molecule has 0 radical (unpaired) electrons. The molecule has 0 saturated heterocycles. The summed E-state index contributed by atoms with van der Waals surface area (Å²) in [4.78, 5) is 0. The minimum absolute atomic E-state index is 0.0389. The zero-order valence-electron chi connectivity index (χ0n) is 10.9. The van der Waals surface area contributed by atoms with Gasteiger partial charge in [-0.15, -0.1) is 11.3 Å². The van der Waals surface area contributed by atoms with Crippen molar-refractivity contribution >= 4 is 21.4 Å². The Kier molecular flexibility index (Phi) is 5.16. The Bertz CT molecular complexity index is 415. The molecule has 0 saturated carbocycles. The van der Waals surface area contributed by atoms with Gasteiger partial charge in [0.1, 0.15) is 4.21 Å². The molecule has 3 nitrogen and oxygen atoms in total. The van der Waals surface area contributed by atoms with Gasteiger partial charge in [-0.25, -0.2) is 8.42 Å². The average molecular weight is 275 g/mol. The van der Waals surface area contributed by atoms with Gasteiger partial charge in [0, 0.05) is 12.1 Å². The number of rotatable bonds is 6.